The Morgan fingerprint density at radius 1 is 1.59 bits per heavy atom. The van der Waals surface area contributed by atoms with Crippen molar-refractivity contribution in [3.63, 3.8) is 0 Å². The molecule has 0 aliphatic carbocycles. The van der Waals surface area contributed by atoms with Crippen LogP contribution in [0.4, 0.5) is 0 Å². The summed E-state index contributed by atoms with van der Waals surface area (Å²) in [6.07, 6.45) is 11.4. The first-order valence-electron chi connectivity index (χ1n) is 6.30. The van der Waals surface area contributed by atoms with Crippen LogP contribution in [0.2, 0.25) is 0 Å². The Balaban J connectivity index is 2.20. The summed E-state index contributed by atoms with van der Waals surface area (Å²) in [6, 6.07) is 0. The number of hydrogen-bond donors (Lipinski definition) is 1. The highest BCUT2D eigenvalue weighted by Gasteiger charge is 2.46. The second-order valence-corrected chi connectivity index (χ2v) is 5.76. The number of aliphatic hydroxyl groups is 1. The van der Waals surface area contributed by atoms with Crippen molar-refractivity contribution in [2.24, 2.45) is 0 Å². The van der Waals surface area contributed by atoms with Crippen LogP contribution in [0.5, 0.6) is 0 Å². The molecule has 2 heteroatoms. The van der Waals surface area contributed by atoms with Crippen LogP contribution in [-0.4, -0.2) is 22.4 Å². The molecule has 0 radical (unpaired) electrons. The topological polar surface area (TPSA) is 32.8 Å². The minimum absolute atomic E-state index is 0.0907. The van der Waals surface area contributed by atoms with Gasteiger partial charge in [0.05, 0.1) is 11.7 Å². The van der Waals surface area contributed by atoms with Gasteiger partial charge in [-0.05, 0) is 53.4 Å². The molecule has 0 bridgehead atoms. The van der Waals surface area contributed by atoms with Crippen molar-refractivity contribution in [2.75, 3.05) is 0 Å². The maximum Gasteiger partial charge on any atom is 0.122 e. The van der Waals surface area contributed by atoms with Crippen molar-refractivity contribution >= 4 is 0 Å². The van der Waals surface area contributed by atoms with Gasteiger partial charge in [-0.2, -0.15) is 0 Å². The molecule has 1 N–H and O–H groups in total. The second-order valence-electron chi connectivity index (χ2n) is 5.76. The molecule has 1 fully saturated rings. The molecule has 0 aromatic heterocycles. The highest BCUT2D eigenvalue weighted by atomic mass is 16.6. The van der Waals surface area contributed by atoms with Crippen molar-refractivity contribution in [2.45, 2.75) is 70.7 Å². The minimum atomic E-state index is -0.974. The molecule has 96 valence electrons. The maximum atomic E-state index is 9.65. The van der Waals surface area contributed by atoms with Gasteiger partial charge in [-0.1, -0.05) is 17.6 Å². The third-order valence-corrected chi connectivity index (χ3v) is 3.40. The van der Waals surface area contributed by atoms with Crippen molar-refractivity contribution in [3.8, 4) is 12.3 Å². The average Bonchev–Trinajstić information content (AvgIpc) is 2.83. The van der Waals surface area contributed by atoms with Gasteiger partial charge in [0.2, 0.25) is 0 Å². The minimum Gasteiger partial charge on any atom is -0.378 e. The third kappa shape index (κ3) is 4.93. The first kappa shape index (κ1) is 14.3. The normalized spacial score (nSPS) is 26.1. The number of hydrogen-bond acceptors (Lipinski definition) is 2. The lowest BCUT2D eigenvalue weighted by atomic mass is 9.99. The summed E-state index contributed by atoms with van der Waals surface area (Å²) in [5.41, 5.74) is 0.468. The highest BCUT2D eigenvalue weighted by Crippen LogP contribution is 2.38. The monoisotopic (exact) mass is 236 g/mol. The summed E-state index contributed by atoms with van der Waals surface area (Å²) < 4.78 is 5.54. The van der Waals surface area contributed by atoms with Crippen LogP contribution in [0, 0.1) is 12.3 Å². The zero-order valence-electron chi connectivity index (χ0n) is 11.4. The standard InChI is InChI=1S/C15H24O2/c1-6-15(5,16)11-7-8-12(2)9-10-13-14(3,4)17-13/h1,8,13,16H,7,9-11H2,2-5H3/b12-8+/t13?,15-/m1/s1. The van der Waals surface area contributed by atoms with Gasteiger partial charge >= 0.3 is 0 Å². The molecule has 0 amide bonds. The first-order valence-corrected chi connectivity index (χ1v) is 6.30. The van der Waals surface area contributed by atoms with E-state index < -0.39 is 5.60 Å². The van der Waals surface area contributed by atoms with E-state index in [-0.39, 0.29) is 5.60 Å². The van der Waals surface area contributed by atoms with Crippen LogP contribution in [0.25, 0.3) is 0 Å². The lowest BCUT2D eigenvalue weighted by Gasteiger charge is -2.14. The van der Waals surface area contributed by atoms with Gasteiger partial charge in [0.25, 0.3) is 0 Å². The summed E-state index contributed by atoms with van der Waals surface area (Å²) in [7, 11) is 0. The summed E-state index contributed by atoms with van der Waals surface area (Å²) in [4.78, 5) is 0. The zero-order chi connectivity index (χ0) is 13.1. The van der Waals surface area contributed by atoms with E-state index in [0.717, 1.165) is 19.3 Å². The molecule has 1 saturated heterocycles. The Morgan fingerprint density at radius 3 is 2.65 bits per heavy atom. The highest BCUT2D eigenvalue weighted by molar-refractivity contribution is 5.07. The van der Waals surface area contributed by atoms with Crippen LogP contribution < -0.4 is 0 Å². The summed E-state index contributed by atoms with van der Waals surface area (Å²) in [5, 5.41) is 9.65. The Labute approximate surface area is 105 Å². The Hall–Kier alpha value is -0.780. The molecule has 0 aromatic carbocycles. The molecular weight excluding hydrogens is 212 g/mol. The molecule has 1 aliphatic rings. The fraction of sp³-hybridized carbons (Fsp3) is 0.733. The molecule has 2 nitrogen and oxygen atoms in total. The smallest absolute Gasteiger partial charge is 0.122 e. The SMILES string of the molecule is C#C[C@@](C)(O)CC/C=C(\C)CCC1OC1(C)C. The molecule has 1 aliphatic heterocycles. The Kier molecular flexibility index (Phi) is 4.41. The van der Waals surface area contributed by atoms with Crippen molar-refractivity contribution < 1.29 is 9.84 Å². The summed E-state index contributed by atoms with van der Waals surface area (Å²) in [5.74, 6) is 2.39. The molecule has 0 aromatic rings. The van der Waals surface area contributed by atoms with E-state index in [4.69, 9.17) is 11.2 Å². The third-order valence-electron chi connectivity index (χ3n) is 3.40. The Bertz CT molecular complexity index is 331. The summed E-state index contributed by atoms with van der Waals surface area (Å²) >= 11 is 0. The largest absolute Gasteiger partial charge is 0.378 e. The van der Waals surface area contributed by atoms with Gasteiger partial charge in [0, 0.05) is 0 Å². The summed E-state index contributed by atoms with van der Waals surface area (Å²) in [6.45, 7) is 8.05. The van der Waals surface area contributed by atoms with E-state index in [0.29, 0.717) is 12.5 Å². The lowest BCUT2D eigenvalue weighted by Crippen LogP contribution is -2.20. The van der Waals surface area contributed by atoms with Gasteiger partial charge in [-0.15, -0.1) is 6.42 Å². The van der Waals surface area contributed by atoms with Gasteiger partial charge in [-0.3, -0.25) is 0 Å². The predicted molar refractivity (Wildman–Crippen MR) is 70.6 cm³/mol. The van der Waals surface area contributed by atoms with E-state index in [1.54, 1.807) is 6.92 Å². The van der Waals surface area contributed by atoms with Gasteiger partial charge in [0.1, 0.15) is 5.60 Å². The number of ether oxygens (including phenoxy) is 1. The molecule has 17 heavy (non-hydrogen) atoms. The average molecular weight is 236 g/mol. The molecule has 1 heterocycles. The van der Waals surface area contributed by atoms with Gasteiger partial charge in [-0.25, -0.2) is 0 Å². The molecule has 2 atom stereocenters. The molecule has 1 unspecified atom stereocenters. The Morgan fingerprint density at radius 2 is 2.18 bits per heavy atom. The van der Waals surface area contributed by atoms with E-state index in [2.05, 4.69) is 32.8 Å². The van der Waals surface area contributed by atoms with Crippen molar-refractivity contribution in [3.05, 3.63) is 11.6 Å². The number of rotatable bonds is 6. The van der Waals surface area contributed by atoms with E-state index in [9.17, 15) is 5.11 Å². The predicted octanol–water partition coefficient (Wildman–Crippen LogP) is 3.05. The first-order chi connectivity index (χ1) is 7.77. The van der Waals surface area contributed by atoms with Crippen LogP contribution in [-0.2, 0) is 4.74 Å². The molecule has 0 spiro atoms. The fourth-order valence-electron chi connectivity index (χ4n) is 1.87. The molecular formula is C15H24O2. The van der Waals surface area contributed by atoms with Crippen LogP contribution in [0.3, 0.4) is 0 Å². The lowest BCUT2D eigenvalue weighted by molar-refractivity contribution is 0.113. The van der Waals surface area contributed by atoms with Crippen molar-refractivity contribution in [1.82, 2.24) is 0 Å². The number of epoxide rings is 1. The van der Waals surface area contributed by atoms with Crippen molar-refractivity contribution in [1.29, 1.82) is 0 Å². The quantitative estimate of drug-likeness (QED) is 0.437. The van der Waals surface area contributed by atoms with Gasteiger partial charge in [0.15, 0.2) is 0 Å². The van der Waals surface area contributed by atoms with Crippen LogP contribution >= 0.6 is 0 Å². The van der Waals surface area contributed by atoms with Crippen LogP contribution in [0.15, 0.2) is 11.6 Å². The number of terminal acetylenes is 1. The maximum absolute atomic E-state index is 9.65. The van der Waals surface area contributed by atoms with Crippen LogP contribution in [0.1, 0.15) is 53.4 Å². The van der Waals surface area contributed by atoms with Gasteiger partial charge < -0.3 is 9.84 Å². The van der Waals surface area contributed by atoms with E-state index in [1.807, 2.05) is 0 Å². The number of allylic oxidation sites excluding steroid dienone is 2. The van der Waals surface area contributed by atoms with E-state index >= 15 is 0 Å². The zero-order valence-corrected chi connectivity index (χ0v) is 11.4. The molecule has 0 saturated carbocycles. The van der Waals surface area contributed by atoms with E-state index in [1.165, 1.54) is 5.57 Å². The molecule has 1 rings (SSSR count). The fourth-order valence-corrected chi connectivity index (χ4v) is 1.87. The second kappa shape index (κ2) is 5.25.